The minimum absolute atomic E-state index is 0.0378. The molecular formula is C15H23N5O2. The van der Waals surface area contributed by atoms with Crippen LogP contribution < -0.4 is 5.73 Å². The number of nitrogens with one attached hydrogen (secondary N) is 1. The van der Waals surface area contributed by atoms with Crippen molar-refractivity contribution in [3.63, 3.8) is 0 Å². The summed E-state index contributed by atoms with van der Waals surface area (Å²) >= 11 is 0. The topological polar surface area (TPSA) is 95.3 Å². The third-order valence-corrected chi connectivity index (χ3v) is 4.65. The van der Waals surface area contributed by atoms with E-state index in [0.717, 1.165) is 31.4 Å². The highest BCUT2D eigenvalue weighted by Gasteiger charge is 2.31. The van der Waals surface area contributed by atoms with Crippen LogP contribution in [0.3, 0.4) is 0 Å². The Hall–Kier alpha value is -2.05. The Bertz CT molecular complexity index is 556. The highest BCUT2D eigenvalue weighted by Crippen LogP contribution is 2.29. The van der Waals surface area contributed by atoms with Gasteiger partial charge in [-0.3, -0.25) is 14.7 Å². The molecule has 1 aromatic heterocycles. The predicted molar refractivity (Wildman–Crippen MR) is 82.0 cm³/mol. The van der Waals surface area contributed by atoms with Gasteiger partial charge in [-0.25, -0.2) is 0 Å². The van der Waals surface area contributed by atoms with Crippen molar-refractivity contribution in [2.75, 3.05) is 31.9 Å². The molecule has 1 unspecified atom stereocenters. The Kier molecular flexibility index (Phi) is 4.31. The van der Waals surface area contributed by atoms with Gasteiger partial charge in [-0.15, -0.1) is 0 Å². The van der Waals surface area contributed by atoms with E-state index in [9.17, 15) is 9.59 Å². The largest absolute Gasteiger partial charge is 0.396 e. The predicted octanol–water partition coefficient (Wildman–Crippen LogP) is 0.710. The molecule has 2 aliphatic rings. The van der Waals surface area contributed by atoms with Gasteiger partial charge in [0.2, 0.25) is 11.8 Å². The summed E-state index contributed by atoms with van der Waals surface area (Å²) in [5.74, 6) is 0.363. The van der Waals surface area contributed by atoms with Crippen LogP contribution in [-0.2, 0) is 9.59 Å². The summed E-state index contributed by atoms with van der Waals surface area (Å²) in [6.07, 6.45) is 6.06. The normalized spacial score (nSPS) is 22.9. The van der Waals surface area contributed by atoms with Gasteiger partial charge in [0.15, 0.2) is 0 Å². The molecule has 0 bridgehead atoms. The molecule has 2 aliphatic heterocycles. The number of likely N-dealkylation sites (tertiary alicyclic amines) is 2. The molecule has 0 spiro atoms. The van der Waals surface area contributed by atoms with Gasteiger partial charge in [0.1, 0.15) is 0 Å². The van der Waals surface area contributed by atoms with E-state index in [0.29, 0.717) is 31.7 Å². The van der Waals surface area contributed by atoms with Crippen LogP contribution in [-0.4, -0.2) is 58.0 Å². The number of carbonyl (C=O) groups excluding carboxylic acids is 2. The summed E-state index contributed by atoms with van der Waals surface area (Å²) in [4.78, 5) is 28.0. The number of aromatic amines is 1. The molecule has 1 aromatic rings. The summed E-state index contributed by atoms with van der Waals surface area (Å²) in [5, 5.41) is 6.87. The molecule has 7 nitrogen and oxygen atoms in total. The first kappa shape index (κ1) is 14.9. The third-order valence-electron chi connectivity index (χ3n) is 4.65. The molecule has 2 amide bonds. The Labute approximate surface area is 129 Å². The maximum absolute atomic E-state index is 12.4. The number of carbonyl (C=O) groups is 2. The first-order valence-electron chi connectivity index (χ1n) is 7.99. The average Bonchev–Trinajstić information content (AvgIpc) is 3.09. The van der Waals surface area contributed by atoms with Crippen LogP contribution in [0.4, 0.5) is 5.69 Å². The van der Waals surface area contributed by atoms with Crippen LogP contribution in [0, 0.1) is 0 Å². The Morgan fingerprint density at radius 1 is 1.36 bits per heavy atom. The SMILES string of the molecule is Nc1cn[nH]c1C1CCN(C(=O)CN2CCCCCC2=O)C1. The molecule has 22 heavy (non-hydrogen) atoms. The average molecular weight is 305 g/mol. The van der Waals surface area contributed by atoms with Gasteiger partial charge in [-0.2, -0.15) is 5.10 Å². The molecule has 3 rings (SSSR count). The molecule has 0 aromatic carbocycles. The van der Waals surface area contributed by atoms with Crippen molar-refractivity contribution < 1.29 is 9.59 Å². The van der Waals surface area contributed by atoms with Crippen LogP contribution in [0.25, 0.3) is 0 Å². The number of nitrogen functional groups attached to an aromatic ring is 1. The molecule has 120 valence electrons. The van der Waals surface area contributed by atoms with Crippen LogP contribution >= 0.6 is 0 Å². The minimum Gasteiger partial charge on any atom is -0.396 e. The van der Waals surface area contributed by atoms with Gasteiger partial charge in [0.05, 0.1) is 24.1 Å². The zero-order chi connectivity index (χ0) is 15.5. The fourth-order valence-electron chi connectivity index (χ4n) is 3.32. The molecular weight excluding hydrogens is 282 g/mol. The molecule has 2 fully saturated rings. The van der Waals surface area contributed by atoms with Gasteiger partial charge in [0, 0.05) is 32.0 Å². The lowest BCUT2D eigenvalue weighted by Crippen LogP contribution is -2.41. The number of hydrogen-bond acceptors (Lipinski definition) is 4. The van der Waals surface area contributed by atoms with E-state index in [2.05, 4.69) is 10.2 Å². The van der Waals surface area contributed by atoms with Crippen molar-refractivity contribution in [2.45, 2.75) is 38.0 Å². The smallest absolute Gasteiger partial charge is 0.242 e. The first-order valence-corrected chi connectivity index (χ1v) is 7.99. The van der Waals surface area contributed by atoms with E-state index in [-0.39, 0.29) is 24.3 Å². The fourth-order valence-corrected chi connectivity index (χ4v) is 3.32. The molecule has 0 radical (unpaired) electrons. The van der Waals surface area contributed by atoms with Crippen LogP contribution in [0.2, 0.25) is 0 Å². The second-order valence-corrected chi connectivity index (χ2v) is 6.19. The van der Waals surface area contributed by atoms with Gasteiger partial charge in [-0.1, -0.05) is 6.42 Å². The van der Waals surface area contributed by atoms with Gasteiger partial charge < -0.3 is 15.5 Å². The fraction of sp³-hybridized carbons (Fsp3) is 0.667. The van der Waals surface area contributed by atoms with Gasteiger partial charge in [0.25, 0.3) is 0 Å². The zero-order valence-corrected chi connectivity index (χ0v) is 12.8. The maximum Gasteiger partial charge on any atom is 0.242 e. The maximum atomic E-state index is 12.4. The quantitative estimate of drug-likeness (QED) is 0.859. The second kappa shape index (κ2) is 6.37. The van der Waals surface area contributed by atoms with E-state index < -0.39 is 0 Å². The van der Waals surface area contributed by atoms with Gasteiger partial charge >= 0.3 is 0 Å². The summed E-state index contributed by atoms with van der Waals surface area (Å²) in [5.41, 5.74) is 7.45. The van der Waals surface area contributed by atoms with Crippen LogP contribution in [0.5, 0.6) is 0 Å². The number of hydrogen-bond donors (Lipinski definition) is 2. The summed E-state index contributed by atoms with van der Waals surface area (Å²) in [6, 6.07) is 0. The van der Waals surface area contributed by atoms with Crippen molar-refractivity contribution in [1.82, 2.24) is 20.0 Å². The van der Waals surface area contributed by atoms with E-state index in [1.807, 2.05) is 4.90 Å². The van der Waals surface area contributed by atoms with E-state index in [1.54, 1.807) is 11.1 Å². The monoisotopic (exact) mass is 305 g/mol. The van der Waals surface area contributed by atoms with E-state index in [4.69, 9.17) is 5.73 Å². The summed E-state index contributed by atoms with van der Waals surface area (Å²) in [6.45, 7) is 2.27. The van der Waals surface area contributed by atoms with Crippen LogP contribution in [0.1, 0.15) is 43.7 Å². The molecule has 1 atom stereocenters. The number of amides is 2. The van der Waals surface area contributed by atoms with E-state index >= 15 is 0 Å². The highest BCUT2D eigenvalue weighted by molar-refractivity contribution is 5.85. The lowest BCUT2D eigenvalue weighted by molar-refractivity contribution is -0.139. The van der Waals surface area contributed by atoms with Crippen molar-refractivity contribution in [2.24, 2.45) is 0 Å². The lowest BCUT2D eigenvalue weighted by atomic mass is 10.0. The van der Waals surface area contributed by atoms with Crippen molar-refractivity contribution in [3.05, 3.63) is 11.9 Å². The Morgan fingerprint density at radius 3 is 3.00 bits per heavy atom. The van der Waals surface area contributed by atoms with Gasteiger partial charge in [-0.05, 0) is 19.3 Å². The summed E-state index contributed by atoms with van der Waals surface area (Å²) in [7, 11) is 0. The van der Waals surface area contributed by atoms with Crippen molar-refractivity contribution in [3.8, 4) is 0 Å². The third kappa shape index (κ3) is 3.08. The highest BCUT2D eigenvalue weighted by atomic mass is 16.2. The van der Waals surface area contributed by atoms with Crippen molar-refractivity contribution >= 4 is 17.5 Å². The molecule has 2 saturated heterocycles. The second-order valence-electron chi connectivity index (χ2n) is 6.19. The molecule has 0 saturated carbocycles. The molecule has 3 heterocycles. The lowest BCUT2D eigenvalue weighted by Gasteiger charge is -2.24. The number of nitrogens with two attached hydrogens (primary N) is 1. The summed E-state index contributed by atoms with van der Waals surface area (Å²) < 4.78 is 0. The number of H-pyrrole nitrogens is 1. The van der Waals surface area contributed by atoms with Crippen molar-refractivity contribution in [1.29, 1.82) is 0 Å². The minimum atomic E-state index is 0.0378. The number of nitrogens with zero attached hydrogens (tertiary/aromatic N) is 3. The number of aromatic nitrogens is 2. The Balaban J connectivity index is 1.57. The first-order chi connectivity index (χ1) is 10.6. The number of anilines is 1. The zero-order valence-electron chi connectivity index (χ0n) is 12.8. The number of rotatable bonds is 3. The molecule has 7 heteroatoms. The Morgan fingerprint density at radius 2 is 2.23 bits per heavy atom. The van der Waals surface area contributed by atoms with E-state index in [1.165, 1.54) is 0 Å². The molecule has 0 aliphatic carbocycles. The standard InChI is InChI=1S/C15H23N5O2/c16-12-8-17-18-15(12)11-5-7-20(9-11)14(22)10-19-6-3-1-2-4-13(19)21/h8,11H,1-7,9-10,16H2,(H,17,18). The van der Waals surface area contributed by atoms with Crippen LogP contribution in [0.15, 0.2) is 6.20 Å². The molecule has 3 N–H and O–H groups in total.